The van der Waals surface area contributed by atoms with Crippen molar-refractivity contribution < 1.29 is 5.11 Å². The van der Waals surface area contributed by atoms with E-state index in [4.69, 9.17) is 5.11 Å². The smallest absolute Gasteiger partial charge is 0.107 e. The van der Waals surface area contributed by atoms with E-state index in [0.29, 0.717) is 0 Å². The fraction of sp³-hybridized carbons (Fsp3) is 0.750. The number of aryl methyl sites for hydroxylation is 1. The molecule has 0 aromatic carbocycles. The summed E-state index contributed by atoms with van der Waals surface area (Å²) in [6.07, 6.45) is 3.61. The average molecular weight is 240 g/mol. The molecule has 1 aliphatic carbocycles. The summed E-state index contributed by atoms with van der Waals surface area (Å²) in [7, 11) is 0. The zero-order valence-electron chi connectivity index (χ0n) is 9.99. The molecule has 0 aliphatic heterocycles. The first-order valence-electron chi connectivity index (χ1n) is 6.00. The molecule has 2 unspecified atom stereocenters. The molecule has 3 nitrogen and oxygen atoms in total. The predicted octanol–water partition coefficient (Wildman–Crippen LogP) is 1.74. The number of hydrogen-bond donors (Lipinski definition) is 2. The van der Waals surface area contributed by atoms with Gasteiger partial charge < -0.3 is 10.4 Å². The molecule has 90 valence electrons. The molecule has 0 fully saturated rings. The minimum absolute atomic E-state index is 0.153. The summed E-state index contributed by atoms with van der Waals surface area (Å²) in [4.78, 5) is 6.14. The first-order chi connectivity index (χ1) is 7.69. The van der Waals surface area contributed by atoms with Crippen molar-refractivity contribution in [3.8, 4) is 0 Å². The number of aliphatic hydroxyl groups is 1. The lowest BCUT2D eigenvalue weighted by Gasteiger charge is -2.15. The van der Waals surface area contributed by atoms with E-state index in [2.05, 4.69) is 17.2 Å². The van der Waals surface area contributed by atoms with Crippen LogP contribution in [-0.4, -0.2) is 22.7 Å². The Bertz CT molecular complexity index is 351. The second-order valence-corrected chi connectivity index (χ2v) is 5.96. The number of nitrogens with one attached hydrogen (secondary N) is 1. The molecule has 16 heavy (non-hydrogen) atoms. The lowest BCUT2D eigenvalue weighted by atomic mass is 9.93. The summed E-state index contributed by atoms with van der Waals surface area (Å²) < 4.78 is 0. The van der Waals surface area contributed by atoms with Crippen LogP contribution >= 0.6 is 11.3 Å². The Kier molecular flexibility index (Phi) is 3.95. The van der Waals surface area contributed by atoms with Gasteiger partial charge in [0.05, 0.1) is 12.3 Å². The fourth-order valence-corrected chi connectivity index (χ4v) is 3.22. The Morgan fingerprint density at radius 3 is 3.19 bits per heavy atom. The van der Waals surface area contributed by atoms with E-state index in [1.54, 1.807) is 0 Å². The Morgan fingerprint density at radius 2 is 2.44 bits per heavy atom. The third kappa shape index (κ3) is 2.81. The van der Waals surface area contributed by atoms with Crippen LogP contribution in [0.1, 0.15) is 35.8 Å². The molecule has 0 amide bonds. The Hall–Kier alpha value is -0.450. The van der Waals surface area contributed by atoms with Crippen molar-refractivity contribution >= 4 is 11.3 Å². The maximum atomic E-state index is 8.93. The zero-order valence-corrected chi connectivity index (χ0v) is 10.8. The van der Waals surface area contributed by atoms with Crippen molar-refractivity contribution in [2.24, 2.45) is 5.92 Å². The van der Waals surface area contributed by atoms with Gasteiger partial charge >= 0.3 is 0 Å². The fourth-order valence-electron chi connectivity index (χ4n) is 1.99. The summed E-state index contributed by atoms with van der Waals surface area (Å²) in [6, 6.07) is 0.153. The summed E-state index contributed by atoms with van der Waals surface area (Å²) in [5.41, 5.74) is 1.32. The van der Waals surface area contributed by atoms with Crippen molar-refractivity contribution in [3.05, 3.63) is 15.6 Å². The minimum atomic E-state index is 0.153. The lowest BCUT2D eigenvalue weighted by molar-refractivity contribution is 0.251. The molecule has 2 rings (SSSR count). The number of hydrogen-bond acceptors (Lipinski definition) is 4. The van der Waals surface area contributed by atoms with Gasteiger partial charge in [-0.3, -0.25) is 0 Å². The van der Waals surface area contributed by atoms with E-state index < -0.39 is 0 Å². The highest BCUT2D eigenvalue weighted by molar-refractivity contribution is 7.11. The molecule has 0 spiro atoms. The van der Waals surface area contributed by atoms with Crippen LogP contribution in [0.25, 0.3) is 0 Å². The molecule has 4 heteroatoms. The van der Waals surface area contributed by atoms with Gasteiger partial charge in [-0.2, -0.15) is 0 Å². The van der Waals surface area contributed by atoms with E-state index in [1.807, 2.05) is 18.3 Å². The van der Waals surface area contributed by atoms with E-state index >= 15 is 0 Å². The number of rotatable bonds is 4. The molecule has 1 aromatic heterocycles. The maximum Gasteiger partial charge on any atom is 0.107 e. The van der Waals surface area contributed by atoms with Crippen LogP contribution in [0.4, 0.5) is 0 Å². The molecule has 2 atom stereocenters. The quantitative estimate of drug-likeness (QED) is 0.842. The van der Waals surface area contributed by atoms with E-state index in [9.17, 15) is 0 Å². The van der Waals surface area contributed by atoms with Gasteiger partial charge in [0.2, 0.25) is 0 Å². The summed E-state index contributed by atoms with van der Waals surface area (Å²) in [5, 5.41) is 13.4. The summed E-state index contributed by atoms with van der Waals surface area (Å²) >= 11 is 1.84. The molecular formula is C12H20N2OS. The summed E-state index contributed by atoms with van der Waals surface area (Å²) in [5.74, 6) is 0.810. The van der Waals surface area contributed by atoms with E-state index in [0.717, 1.165) is 18.9 Å². The standard InChI is InChI=1S/C12H20N2OS/c1-8-3-4-10-11(5-8)16-12(14-10)6-13-9(2)7-15/h8-9,13,15H,3-7H2,1-2H3. The van der Waals surface area contributed by atoms with Crippen molar-refractivity contribution in [1.29, 1.82) is 0 Å². The van der Waals surface area contributed by atoms with Crippen LogP contribution in [0.15, 0.2) is 0 Å². The van der Waals surface area contributed by atoms with Gasteiger partial charge in [0.15, 0.2) is 0 Å². The first kappa shape index (κ1) is 12.0. The molecule has 2 N–H and O–H groups in total. The molecule has 1 aromatic rings. The van der Waals surface area contributed by atoms with Crippen LogP contribution in [0, 0.1) is 5.92 Å². The van der Waals surface area contributed by atoms with Crippen LogP contribution in [0.3, 0.4) is 0 Å². The van der Waals surface area contributed by atoms with Gasteiger partial charge in [0, 0.05) is 17.5 Å². The van der Waals surface area contributed by atoms with Crippen molar-refractivity contribution in [3.63, 3.8) is 0 Å². The van der Waals surface area contributed by atoms with Crippen molar-refractivity contribution in [1.82, 2.24) is 10.3 Å². The first-order valence-corrected chi connectivity index (χ1v) is 6.82. The molecule has 0 radical (unpaired) electrons. The van der Waals surface area contributed by atoms with Gasteiger partial charge in [-0.1, -0.05) is 6.92 Å². The third-order valence-corrected chi connectivity index (χ3v) is 4.23. The molecular weight excluding hydrogens is 220 g/mol. The number of nitrogens with zero attached hydrogens (tertiary/aromatic N) is 1. The van der Waals surface area contributed by atoms with Crippen LogP contribution in [0.2, 0.25) is 0 Å². The molecule has 0 saturated heterocycles. The Labute approximate surface area is 101 Å². The van der Waals surface area contributed by atoms with Crippen LogP contribution < -0.4 is 5.32 Å². The largest absolute Gasteiger partial charge is 0.395 e. The second kappa shape index (κ2) is 5.25. The molecule has 1 aliphatic rings. The number of aliphatic hydroxyl groups excluding tert-OH is 1. The highest BCUT2D eigenvalue weighted by Gasteiger charge is 2.19. The Morgan fingerprint density at radius 1 is 1.62 bits per heavy atom. The van der Waals surface area contributed by atoms with E-state index in [-0.39, 0.29) is 12.6 Å². The number of thiazole rings is 1. The second-order valence-electron chi connectivity index (χ2n) is 4.79. The minimum Gasteiger partial charge on any atom is -0.395 e. The molecule has 1 heterocycles. The summed E-state index contributed by atoms with van der Waals surface area (Å²) in [6.45, 7) is 5.26. The van der Waals surface area contributed by atoms with Crippen LogP contribution in [-0.2, 0) is 19.4 Å². The van der Waals surface area contributed by atoms with Crippen LogP contribution in [0.5, 0.6) is 0 Å². The van der Waals surface area contributed by atoms with Gasteiger partial charge in [0.1, 0.15) is 5.01 Å². The van der Waals surface area contributed by atoms with Gasteiger partial charge in [-0.15, -0.1) is 11.3 Å². The zero-order chi connectivity index (χ0) is 11.5. The highest BCUT2D eigenvalue weighted by atomic mass is 32.1. The van der Waals surface area contributed by atoms with Gasteiger partial charge in [0.25, 0.3) is 0 Å². The topological polar surface area (TPSA) is 45.2 Å². The highest BCUT2D eigenvalue weighted by Crippen LogP contribution is 2.29. The maximum absolute atomic E-state index is 8.93. The van der Waals surface area contributed by atoms with Crippen molar-refractivity contribution in [2.45, 2.75) is 45.7 Å². The lowest BCUT2D eigenvalue weighted by Crippen LogP contribution is -2.28. The Balaban J connectivity index is 1.96. The number of fused-ring (bicyclic) bond motifs is 1. The molecule has 0 bridgehead atoms. The van der Waals surface area contributed by atoms with Gasteiger partial charge in [-0.05, 0) is 32.1 Å². The normalized spacial score (nSPS) is 21.8. The van der Waals surface area contributed by atoms with Crippen molar-refractivity contribution in [2.75, 3.05) is 6.61 Å². The average Bonchev–Trinajstić information content (AvgIpc) is 2.67. The SMILES string of the molecule is CC1CCc2nc(CNC(C)CO)sc2C1. The van der Waals surface area contributed by atoms with Gasteiger partial charge in [-0.25, -0.2) is 4.98 Å². The van der Waals surface area contributed by atoms with E-state index in [1.165, 1.54) is 28.4 Å². The predicted molar refractivity (Wildman–Crippen MR) is 66.7 cm³/mol. The number of aromatic nitrogens is 1. The third-order valence-electron chi connectivity index (χ3n) is 3.11. The monoisotopic (exact) mass is 240 g/mol. The molecule has 0 saturated carbocycles.